The molecule has 4 aromatic carbocycles. The first-order chi connectivity index (χ1) is 23.1. The summed E-state index contributed by atoms with van der Waals surface area (Å²) in [4.78, 5) is 24.7. The van der Waals surface area contributed by atoms with Crippen LogP contribution in [0.4, 0.5) is 11.4 Å². The number of hydrogen-bond acceptors (Lipinski definition) is 7. The van der Waals surface area contributed by atoms with E-state index < -0.39 is 16.0 Å². The summed E-state index contributed by atoms with van der Waals surface area (Å²) in [6, 6.07) is 31.0. The van der Waals surface area contributed by atoms with Crippen molar-refractivity contribution in [2.75, 3.05) is 29.0 Å². The number of nitrogens with one attached hydrogen (secondary N) is 2. The van der Waals surface area contributed by atoms with E-state index in [0.717, 1.165) is 28.6 Å². The van der Waals surface area contributed by atoms with E-state index in [4.69, 9.17) is 14.6 Å². The predicted molar refractivity (Wildman–Crippen MR) is 188 cm³/mol. The summed E-state index contributed by atoms with van der Waals surface area (Å²) >= 11 is 0. The van der Waals surface area contributed by atoms with Crippen LogP contribution in [-0.2, 0) is 32.7 Å². The van der Waals surface area contributed by atoms with Crippen molar-refractivity contribution in [3.05, 3.63) is 114 Å². The number of carbonyl (C=O) groups is 2. The first-order valence-electron chi connectivity index (χ1n) is 15.9. The van der Waals surface area contributed by atoms with Gasteiger partial charge in [0.25, 0.3) is 0 Å². The number of amides is 1. The Morgan fingerprint density at radius 2 is 1.46 bits per heavy atom. The van der Waals surface area contributed by atoms with Crippen molar-refractivity contribution >= 4 is 33.3 Å². The van der Waals surface area contributed by atoms with Gasteiger partial charge in [-0.1, -0.05) is 54.6 Å². The van der Waals surface area contributed by atoms with E-state index in [1.165, 1.54) is 0 Å². The lowest BCUT2D eigenvalue weighted by molar-refractivity contribution is -0.137. The molecule has 0 radical (unpaired) electrons. The molecule has 4 aromatic rings. The Kier molecular flexibility index (Phi) is 13.3. The maximum Gasteiger partial charge on any atom is 0.303 e. The molecule has 0 spiro atoms. The Morgan fingerprint density at radius 3 is 2.17 bits per heavy atom. The number of carboxylic acid groups (broad SMARTS) is 1. The van der Waals surface area contributed by atoms with E-state index in [1.54, 1.807) is 6.07 Å². The lowest BCUT2D eigenvalue weighted by atomic mass is 10.1. The Bertz CT molecular complexity index is 1750. The molecule has 0 unspecified atom stereocenters. The standard InChI is InChI=1S/C37H43N3O7S/c1-28-34(39-48(2,44)45)15-9-16-35(28)40(26-29-11-4-3-5-12-29)27-30-19-21-31(22-20-30)47-33-14-8-13-32(25-33)46-24-7-6-17-36(41)38-23-10-18-37(42)43/h3-5,8-9,11-16,19-22,25,39H,6-7,10,17-18,23-24,26-27H2,1-2H3,(H,38,41)(H,42,43). The van der Waals surface area contributed by atoms with Crippen LogP contribution in [0.5, 0.6) is 17.2 Å². The van der Waals surface area contributed by atoms with Crippen LogP contribution >= 0.6 is 0 Å². The molecule has 0 aliphatic carbocycles. The van der Waals surface area contributed by atoms with Gasteiger partial charge in [0, 0.05) is 44.2 Å². The fourth-order valence-corrected chi connectivity index (χ4v) is 5.71. The number of aliphatic carboxylic acids is 1. The number of rotatable bonds is 19. The monoisotopic (exact) mass is 673 g/mol. The second-order valence-corrected chi connectivity index (χ2v) is 13.3. The topological polar surface area (TPSA) is 134 Å². The highest BCUT2D eigenvalue weighted by atomic mass is 32.2. The van der Waals surface area contributed by atoms with Gasteiger partial charge in [-0.2, -0.15) is 0 Å². The van der Waals surface area contributed by atoms with Crippen LogP contribution in [0.25, 0.3) is 0 Å². The van der Waals surface area contributed by atoms with Gasteiger partial charge in [-0.25, -0.2) is 8.42 Å². The van der Waals surface area contributed by atoms with Crippen molar-refractivity contribution in [3.63, 3.8) is 0 Å². The molecule has 0 heterocycles. The molecule has 0 fully saturated rings. The molecule has 0 aromatic heterocycles. The van der Waals surface area contributed by atoms with Crippen molar-refractivity contribution in [2.24, 2.45) is 0 Å². The highest BCUT2D eigenvalue weighted by molar-refractivity contribution is 7.92. The average molecular weight is 674 g/mol. The number of nitrogens with zero attached hydrogens (tertiary/aromatic N) is 1. The summed E-state index contributed by atoms with van der Waals surface area (Å²) in [6.45, 7) is 3.97. The van der Waals surface area contributed by atoms with Crippen molar-refractivity contribution in [1.82, 2.24) is 5.32 Å². The Balaban J connectivity index is 1.33. The molecule has 0 aliphatic heterocycles. The summed E-state index contributed by atoms with van der Waals surface area (Å²) in [7, 11) is -3.43. The zero-order valence-corrected chi connectivity index (χ0v) is 28.2. The van der Waals surface area contributed by atoms with Crippen LogP contribution in [0.2, 0.25) is 0 Å². The number of sulfonamides is 1. The Labute approximate surface area is 282 Å². The minimum atomic E-state index is -3.43. The maximum atomic E-state index is 12.0. The van der Waals surface area contributed by atoms with Gasteiger partial charge in [0.15, 0.2) is 0 Å². The molecule has 48 heavy (non-hydrogen) atoms. The molecule has 0 saturated heterocycles. The summed E-state index contributed by atoms with van der Waals surface area (Å²) in [5.41, 5.74) is 4.52. The molecule has 0 saturated carbocycles. The smallest absolute Gasteiger partial charge is 0.303 e. The SMILES string of the molecule is Cc1c(NS(C)(=O)=O)cccc1N(Cc1ccccc1)Cc1ccc(Oc2cccc(OCCCCC(=O)NCCCC(=O)O)c2)cc1. The van der Waals surface area contributed by atoms with Crippen LogP contribution in [0.3, 0.4) is 0 Å². The quantitative estimate of drug-likeness (QED) is 0.0916. The van der Waals surface area contributed by atoms with Gasteiger partial charge in [0.1, 0.15) is 17.2 Å². The second-order valence-electron chi connectivity index (χ2n) is 11.5. The minimum Gasteiger partial charge on any atom is -0.493 e. The fraction of sp³-hybridized carbons (Fsp3) is 0.297. The first kappa shape index (κ1) is 35.8. The maximum absolute atomic E-state index is 12.0. The lowest BCUT2D eigenvalue weighted by Crippen LogP contribution is -2.24. The molecule has 0 aliphatic rings. The van der Waals surface area contributed by atoms with Crippen LogP contribution in [-0.4, -0.2) is 44.8 Å². The molecule has 10 nitrogen and oxygen atoms in total. The van der Waals surface area contributed by atoms with E-state index in [1.807, 2.05) is 85.8 Å². The Hall–Kier alpha value is -5.03. The third-order valence-electron chi connectivity index (χ3n) is 7.45. The second kappa shape index (κ2) is 17.8. The number of unbranched alkanes of at least 4 members (excludes halogenated alkanes) is 1. The van der Waals surface area contributed by atoms with Crippen LogP contribution < -0.4 is 24.4 Å². The molecular weight excluding hydrogens is 630 g/mol. The van der Waals surface area contributed by atoms with E-state index in [0.29, 0.717) is 74.9 Å². The highest BCUT2D eigenvalue weighted by Crippen LogP contribution is 2.31. The van der Waals surface area contributed by atoms with Gasteiger partial charge >= 0.3 is 5.97 Å². The lowest BCUT2D eigenvalue weighted by Gasteiger charge is -2.28. The summed E-state index contributed by atoms with van der Waals surface area (Å²) in [5.74, 6) is 1.03. The highest BCUT2D eigenvalue weighted by Gasteiger charge is 2.15. The van der Waals surface area contributed by atoms with Gasteiger partial charge in [-0.05, 0) is 79.3 Å². The number of benzene rings is 4. The van der Waals surface area contributed by atoms with Gasteiger partial charge in [-0.15, -0.1) is 0 Å². The van der Waals surface area contributed by atoms with Crippen molar-refractivity contribution in [2.45, 2.75) is 52.1 Å². The predicted octanol–water partition coefficient (Wildman–Crippen LogP) is 6.90. The summed E-state index contributed by atoms with van der Waals surface area (Å²) in [6.07, 6.45) is 3.35. The van der Waals surface area contributed by atoms with E-state index in [-0.39, 0.29) is 12.3 Å². The van der Waals surface area contributed by atoms with Crippen molar-refractivity contribution in [1.29, 1.82) is 0 Å². The van der Waals surface area contributed by atoms with E-state index >= 15 is 0 Å². The van der Waals surface area contributed by atoms with Gasteiger partial charge in [-0.3, -0.25) is 14.3 Å². The normalized spacial score (nSPS) is 11.0. The van der Waals surface area contributed by atoms with Crippen molar-refractivity contribution < 1.29 is 32.6 Å². The number of carboxylic acids is 1. The zero-order chi connectivity index (χ0) is 34.4. The molecule has 3 N–H and O–H groups in total. The third-order valence-corrected chi connectivity index (χ3v) is 8.04. The fourth-order valence-electron chi connectivity index (χ4n) is 5.09. The number of anilines is 2. The molecule has 1 amide bonds. The van der Waals surface area contributed by atoms with Crippen LogP contribution in [0.15, 0.2) is 97.1 Å². The van der Waals surface area contributed by atoms with Gasteiger partial charge in [0.2, 0.25) is 15.9 Å². The molecule has 0 atom stereocenters. The Morgan fingerprint density at radius 1 is 0.771 bits per heavy atom. The van der Waals surface area contributed by atoms with E-state index in [9.17, 15) is 18.0 Å². The van der Waals surface area contributed by atoms with Gasteiger partial charge < -0.3 is 24.8 Å². The van der Waals surface area contributed by atoms with Gasteiger partial charge in [0.05, 0.1) is 18.6 Å². The van der Waals surface area contributed by atoms with Crippen LogP contribution in [0.1, 0.15) is 48.8 Å². The number of carbonyl (C=O) groups excluding carboxylic acids is 1. The molecule has 254 valence electrons. The van der Waals surface area contributed by atoms with Crippen LogP contribution in [0, 0.1) is 6.92 Å². The summed E-state index contributed by atoms with van der Waals surface area (Å²) < 4.78 is 38.5. The minimum absolute atomic E-state index is 0.0430. The average Bonchev–Trinajstić information content (AvgIpc) is 3.04. The van der Waals surface area contributed by atoms with E-state index in [2.05, 4.69) is 27.1 Å². The third kappa shape index (κ3) is 12.3. The molecule has 0 bridgehead atoms. The first-order valence-corrected chi connectivity index (χ1v) is 17.8. The number of ether oxygens (including phenoxy) is 2. The molecule has 4 rings (SSSR count). The number of hydrogen-bond donors (Lipinski definition) is 3. The largest absolute Gasteiger partial charge is 0.493 e. The zero-order valence-electron chi connectivity index (χ0n) is 27.4. The molecular formula is C37H43N3O7S. The van der Waals surface area contributed by atoms with Crippen molar-refractivity contribution in [3.8, 4) is 17.2 Å². The summed E-state index contributed by atoms with van der Waals surface area (Å²) in [5, 5.41) is 11.4. The molecule has 11 heteroatoms.